The van der Waals surface area contributed by atoms with Crippen LogP contribution in [0.25, 0.3) is 0 Å². The lowest BCUT2D eigenvalue weighted by Crippen LogP contribution is -2.49. The molecule has 2 N–H and O–H groups in total. The average molecular weight is 362 g/mol. The Labute approximate surface area is 154 Å². The minimum Gasteiger partial charge on any atom is -0.481 e. The zero-order valence-electron chi connectivity index (χ0n) is 15.4. The zero-order chi connectivity index (χ0) is 18.3. The van der Waals surface area contributed by atoms with Crippen LogP contribution in [-0.2, 0) is 14.4 Å². The maximum Gasteiger partial charge on any atom is 0.308 e. The van der Waals surface area contributed by atoms with Gasteiger partial charge in [-0.2, -0.15) is 0 Å². The van der Waals surface area contributed by atoms with Crippen LogP contribution in [0.1, 0.15) is 57.8 Å². The molecule has 6 heteroatoms. The second kappa shape index (κ2) is 6.86. The van der Waals surface area contributed by atoms with Gasteiger partial charge in [-0.15, -0.1) is 0 Å². The summed E-state index contributed by atoms with van der Waals surface area (Å²) in [7, 11) is 0. The number of carboxylic acids is 1. The van der Waals surface area contributed by atoms with Crippen LogP contribution in [-0.4, -0.2) is 47.4 Å². The Bertz CT molecular complexity index is 567. The van der Waals surface area contributed by atoms with Crippen molar-refractivity contribution in [3.05, 3.63) is 0 Å². The fourth-order valence-electron chi connectivity index (χ4n) is 6.60. The summed E-state index contributed by atoms with van der Waals surface area (Å²) < 4.78 is 0. The Morgan fingerprint density at radius 2 is 1.65 bits per heavy atom. The molecule has 1 heterocycles. The largest absolute Gasteiger partial charge is 0.481 e. The molecule has 5 fully saturated rings. The van der Waals surface area contributed by atoms with Gasteiger partial charge in [0, 0.05) is 19.5 Å². The van der Waals surface area contributed by atoms with Crippen LogP contribution in [0.3, 0.4) is 0 Å². The summed E-state index contributed by atoms with van der Waals surface area (Å²) in [4.78, 5) is 37.6. The first kappa shape index (κ1) is 17.8. The summed E-state index contributed by atoms with van der Waals surface area (Å²) in [6.45, 7) is 0.851. The highest BCUT2D eigenvalue weighted by atomic mass is 16.4. The predicted molar refractivity (Wildman–Crippen MR) is 95.2 cm³/mol. The molecule has 26 heavy (non-hydrogen) atoms. The number of aliphatic carboxylic acids is 1. The molecule has 4 aliphatic carbocycles. The second-order valence-electron chi connectivity index (χ2n) is 9.39. The fourth-order valence-corrected chi connectivity index (χ4v) is 6.60. The van der Waals surface area contributed by atoms with E-state index in [-0.39, 0.29) is 30.3 Å². The van der Waals surface area contributed by atoms with Crippen molar-refractivity contribution in [2.45, 2.75) is 57.8 Å². The van der Waals surface area contributed by atoms with E-state index in [1.54, 1.807) is 4.90 Å². The number of carbonyl (C=O) groups excluding carboxylic acids is 2. The molecule has 0 aromatic heterocycles. The van der Waals surface area contributed by atoms with Crippen LogP contribution in [0.5, 0.6) is 0 Å². The third-order valence-electron chi connectivity index (χ3n) is 7.26. The summed E-state index contributed by atoms with van der Waals surface area (Å²) in [6.07, 6.45) is 9.53. The van der Waals surface area contributed by atoms with E-state index in [9.17, 15) is 14.4 Å². The van der Waals surface area contributed by atoms with Gasteiger partial charge in [-0.25, -0.2) is 0 Å². The summed E-state index contributed by atoms with van der Waals surface area (Å²) in [5.41, 5.74) is 0.182. The molecule has 5 aliphatic rings. The Morgan fingerprint density at radius 3 is 2.23 bits per heavy atom. The summed E-state index contributed by atoms with van der Waals surface area (Å²) >= 11 is 0. The summed E-state index contributed by atoms with van der Waals surface area (Å²) in [6, 6.07) is 0. The number of rotatable bonds is 5. The Balaban J connectivity index is 1.26. The monoisotopic (exact) mass is 362 g/mol. The topological polar surface area (TPSA) is 86.7 Å². The normalized spacial score (nSPS) is 38.2. The van der Waals surface area contributed by atoms with Gasteiger partial charge in [0.05, 0.1) is 12.5 Å². The van der Waals surface area contributed by atoms with Crippen LogP contribution in [0.15, 0.2) is 0 Å². The standard InChI is InChI=1S/C20H30N2O4/c23-17(10-20-7-13-4-14(8-20)6-15(5-13)9-20)21-11-18(24)22-3-1-2-16(12-22)19(25)26/h13-16H,1-12H2,(H,21,23)(H,25,26)/t13?,14?,15?,16-,20?/m0/s1. The van der Waals surface area contributed by atoms with Gasteiger partial charge in [0.1, 0.15) is 0 Å². The molecule has 1 aliphatic heterocycles. The molecule has 0 aromatic carbocycles. The smallest absolute Gasteiger partial charge is 0.308 e. The number of amides is 2. The number of nitrogens with one attached hydrogen (secondary N) is 1. The number of hydrogen-bond acceptors (Lipinski definition) is 3. The third kappa shape index (κ3) is 3.60. The van der Waals surface area contributed by atoms with Crippen molar-refractivity contribution in [3.8, 4) is 0 Å². The van der Waals surface area contributed by atoms with Gasteiger partial charge in [0.2, 0.25) is 11.8 Å². The van der Waals surface area contributed by atoms with Crippen LogP contribution < -0.4 is 5.32 Å². The molecular formula is C20H30N2O4. The minimum absolute atomic E-state index is 0.00244. The zero-order valence-corrected chi connectivity index (χ0v) is 15.4. The van der Waals surface area contributed by atoms with Crippen LogP contribution in [0, 0.1) is 29.1 Å². The van der Waals surface area contributed by atoms with Gasteiger partial charge in [0.15, 0.2) is 0 Å². The van der Waals surface area contributed by atoms with E-state index in [1.165, 1.54) is 38.5 Å². The van der Waals surface area contributed by atoms with E-state index < -0.39 is 11.9 Å². The van der Waals surface area contributed by atoms with E-state index in [0.717, 1.165) is 17.8 Å². The highest BCUT2D eigenvalue weighted by Crippen LogP contribution is 2.61. The maximum absolute atomic E-state index is 12.5. The lowest BCUT2D eigenvalue weighted by Gasteiger charge is -2.56. The first-order valence-corrected chi connectivity index (χ1v) is 10.2. The number of nitrogens with zero attached hydrogens (tertiary/aromatic N) is 1. The van der Waals surface area contributed by atoms with E-state index >= 15 is 0 Å². The molecule has 1 saturated heterocycles. The highest BCUT2D eigenvalue weighted by Gasteiger charge is 2.51. The van der Waals surface area contributed by atoms with Crippen molar-refractivity contribution in [1.82, 2.24) is 10.2 Å². The molecule has 1 atom stereocenters. The van der Waals surface area contributed by atoms with Crippen LogP contribution in [0.2, 0.25) is 0 Å². The van der Waals surface area contributed by atoms with Gasteiger partial charge >= 0.3 is 5.97 Å². The molecule has 0 radical (unpaired) electrons. The Morgan fingerprint density at radius 1 is 1.04 bits per heavy atom. The predicted octanol–water partition coefficient (Wildman–Crippen LogP) is 2.03. The van der Waals surface area contributed by atoms with Gasteiger partial charge in [-0.1, -0.05) is 0 Å². The number of carbonyl (C=O) groups is 3. The highest BCUT2D eigenvalue weighted by molar-refractivity contribution is 5.85. The molecule has 6 nitrogen and oxygen atoms in total. The number of likely N-dealkylation sites (tertiary alicyclic amines) is 1. The maximum atomic E-state index is 12.5. The van der Waals surface area contributed by atoms with E-state index in [1.807, 2.05) is 0 Å². The molecule has 5 rings (SSSR count). The summed E-state index contributed by atoms with van der Waals surface area (Å²) in [5, 5.41) is 12.0. The number of piperidine rings is 1. The van der Waals surface area contributed by atoms with E-state index in [4.69, 9.17) is 5.11 Å². The van der Waals surface area contributed by atoms with Crippen molar-refractivity contribution in [2.75, 3.05) is 19.6 Å². The van der Waals surface area contributed by atoms with Crippen LogP contribution >= 0.6 is 0 Å². The molecular weight excluding hydrogens is 332 g/mol. The average Bonchev–Trinajstić information content (AvgIpc) is 2.58. The fraction of sp³-hybridized carbons (Fsp3) is 0.850. The quantitative estimate of drug-likeness (QED) is 0.783. The molecule has 144 valence electrons. The van der Waals surface area contributed by atoms with Crippen molar-refractivity contribution < 1.29 is 19.5 Å². The second-order valence-corrected chi connectivity index (χ2v) is 9.39. The van der Waals surface area contributed by atoms with E-state index in [2.05, 4.69) is 5.32 Å². The Kier molecular flexibility index (Phi) is 4.70. The molecule has 0 aromatic rings. The first-order chi connectivity index (χ1) is 12.4. The lowest BCUT2D eigenvalue weighted by atomic mass is 9.49. The van der Waals surface area contributed by atoms with Gasteiger partial charge in [-0.05, 0) is 74.5 Å². The number of hydrogen-bond donors (Lipinski definition) is 2. The first-order valence-electron chi connectivity index (χ1n) is 10.2. The van der Waals surface area contributed by atoms with Crippen molar-refractivity contribution in [2.24, 2.45) is 29.1 Å². The number of carboxylic acid groups (broad SMARTS) is 1. The molecule has 4 saturated carbocycles. The molecule has 0 unspecified atom stereocenters. The van der Waals surface area contributed by atoms with Crippen molar-refractivity contribution in [3.63, 3.8) is 0 Å². The van der Waals surface area contributed by atoms with Gasteiger partial charge < -0.3 is 15.3 Å². The summed E-state index contributed by atoms with van der Waals surface area (Å²) in [5.74, 6) is 0.969. The van der Waals surface area contributed by atoms with Crippen molar-refractivity contribution in [1.29, 1.82) is 0 Å². The van der Waals surface area contributed by atoms with E-state index in [0.29, 0.717) is 25.8 Å². The lowest BCUT2D eigenvalue weighted by molar-refractivity contribution is -0.146. The molecule has 0 spiro atoms. The van der Waals surface area contributed by atoms with Crippen LogP contribution in [0.4, 0.5) is 0 Å². The SMILES string of the molecule is O=C(CC12CC3CC(CC(C3)C1)C2)NCC(=O)N1CCC[C@H](C(=O)O)C1. The minimum atomic E-state index is -0.839. The van der Waals surface area contributed by atoms with Gasteiger partial charge in [0.25, 0.3) is 0 Å². The third-order valence-corrected chi connectivity index (χ3v) is 7.26. The van der Waals surface area contributed by atoms with Gasteiger partial charge in [-0.3, -0.25) is 14.4 Å². The molecule has 4 bridgehead atoms. The molecule has 2 amide bonds. The Hall–Kier alpha value is -1.59. The van der Waals surface area contributed by atoms with Crippen molar-refractivity contribution >= 4 is 17.8 Å².